The lowest BCUT2D eigenvalue weighted by Crippen LogP contribution is -2.27. The van der Waals surface area contributed by atoms with E-state index in [-0.39, 0.29) is 17.9 Å². The van der Waals surface area contributed by atoms with E-state index in [1.807, 2.05) is 6.07 Å². The van der Waals surface area contributed by atoms with Crippen LogP contribution in [0, 0.1) is 0 Å². The Bertz CT molecular complexity index is 519. The molecule has 0 radical (unpaired) electrons. The van der Waals surface area contributed by atoms with Gasteiger partial charge in [0.25, 0.3) is 5.91 Å². The van der Waals surface area contributed by atoms with Crippen molar-refractivity contribution in [2.45, 2.75) is 25.3 Å². The molecule has 108 valence electrons. The molecule has 6 heteroatoms. The Morgan fingerprint density at radius 3 is 3.00 bits per heavy atom. The van der Waals surface area contributed by atoms with Gasteiger partial charge >= 0.3 is 0 Å². The lowest BCUT2D eigenvalue weighted by atomic mass is 10.1. The van der Waals surface area contributed by atoms with E-state index in [1.165, 1.54) is 0 Å². The molecule has 5 nitrogen and oxygen atoms in total. The van der Waals surface area contributed by atoms with Crippen molar-refractivity contribution < 1.29 is 9.59 Å². The maximum Gasteiger partial charge on any atom is 0.252 e. The molecule has 0 aromatic heterocycles. The van der Waals surface area contributed by atoms with Gasteiger partial charge in [-0.2, -0.15) is 0 Å². The number of rotatable bonds is 3. The summed E-state index contributed by atoms with van der Waals surface area (Å²) in [7, 11) is 1.56. The monoisotopic (exact) mass is 295 g/mol. The molecule has 1 aromatic rings. The van der Waals surface area contributed by atoms with Gasteiger partial charge in [0.15, 0.2) is 0 Å². The molecule has 1 fully saturated rings. The average Bonchev–Trinajstić information content (AvgIpc) is 2.64. The van der Waals surface area contributed by atoms with Crippen LogP contribution in [0.15, 0.2) is 18.2 Å². The summed E-state index contributed by atoms with van der Waals surface area (Å²) in [5.41, 5.74) is 1.23. The van der Waals surface area contributed by atoms with E-state index in [2.05, 4.69) is 16.0 Å². The van der Waals surface area contributed by atoms with E-state index in [0.29, 0.717) is 17.0 Å². The number of benzene rings is 1. The van der Waals surface area contributed by atoms with Crippen LogP contribution in [-0.4, -0.2) is 31.4 Å². The molecule has 1 unspecified atom stereocenters. The first-order valence-corrected chi connectivity index (χ1v) is 7.03. The summed E-state index contributed by atoms with van der Waals surface area (Å²) in [5.74, 6) is -0.169. The number of hydrogen-bond acceptors (Lipinski definition) is 3. The number of amides is 2. The second kappa shape index (κ2) is 6.61. The molecule has 1 aliphatic rings. The fourth-order valence-corrected chi connectivity index (χ4v) is 2.46. The molecular weight excluding hydrogens is 278 g/mol. The zero-order valence-corrected chi connectivity index (χ0v) is 12.1. The molecule has 20 heavy (non-hydrogen) atoms. The molecule has 1 atom stereocenters. The molecule has 0 bridgehead atoms. The van der Waals surface area contributed by atoms with Gasteiger partial charge in [-0.3, -0.25) is 9.59 Å². The highest BCUT2D eigenvalue weighted by Gasteiger charge is 2.18. The number of carbonyl (C=O) groups is 2. The summed E-state index contributed by atoms with van der Waals surface area (Å²) in [6, 6.07) is 5.29. The number of hydrogen-bond donors (Lipinski definition) is 3. The average molecular weight is 296 g/mol. The minimum Gasteiger partial charge on any atom is -0.382 e. The minimum absolute atomic E-state index is 0.0560. The van der Waals surface area contributed by atoms with Crippen molar-refractivity contribution in [1.82, 2.24) is 10.6 Å². The topological polar surface area (TPSA) is 70.2 Å². The number of carbonyl (C=O) groups excluding carboxylic acids is 2. The Hall–Kier alpha value is -1.75. The van der Waals surface area contributed by atoms with Crippen molar-refractivity contribution in [2.75, 3.05) is 18.9 Å². The van der Waals surface area contributed by atoms with Crippen molar-refractivity contribution in [3.05, 3.63) is 28.8 Å². The predicted octanol–water partition coefficient (Wildman–Crippen LogP) is 1.78. The summed E-state index contributed by atoms with van der Waals surface area (Å²) in [5, 5.41) is 9.11. The molecule has 3 N–H and O–H groups in total. The van der Waals surface area contributed by atoms with Crippen LogP contribution in [0.25, 0.3) is 0 Å². The fourth-order valence-electron chi connectivity index (χ4n) is 2.26. The third kappa shape index (κ3) is 3.63. The third-order valence-corrected chi connectivity index (χ3v) is 3.62. The van der Waals surface area contributed by atoms with Crippen LogP contribution in [0.4, 0.5) is 5.69 Å². The zero-order valence-electron chi connectivity index (χ0n) is 11.3. The van der Waals surface area contributed by atoms with Gasteiger partial charge in [0.2, 0.25) is 5.91 Å². The Morgan fingerprint density at radius 2 is 2.25 bits per heavy atom. The Labute approximate surface area is 123 Å². The second-order valence-corrected chi connectivity index (χ2v) is 5.22. The first-order valence-electron chi connectivity index (χ1n) is 6.65. The van der Waals surface area contributed by atoms with Gasteiger partial charge in [-0.25, -0.2) is 0 Å². The lowest BCUT2D eigenvalue weighted by Gasteiger charge is -2.17. The molecule has 0 saturated carbocycles. The fraction of sp³-hybridized carbons (Fsp3) is 0.429. The van der Waals surface area contributed by atoms with Crippen LogP contribution in [0.5, 0.6) is 0 Å². The van der Waals surface area contributed by atoms with Crippen LogP contribution < -0.4 is 16.0 Å². The predicted molar refractivity (Wildman–Crippen MR) is 79.1 cm³/mol. The van der Waals surface area contributed by atoms with Crippen molar-refractivity contribution in [3.8, 4) is 0 Å². The highest BCUT2D eigenvalue weighted by atomic mass is 35.5. The third-order valence-electron chi connectivity index (χ3n) is 3.29. The van der Waals surface area contributed by atoms with E-state index in [4.69, 9.17) is 11.6 Å². The summed E-state index contributed by atoms with van der Waals surface area (Å²) in [6.45, 7) is 0.723. The smallest absolute Gasteiger partial charge is 0.252 e. The summed E-state index contributed by atoms with van der Waals surface area (Å²) in [6.07, 6.45) is 2.30. The van der Waals surface area contributed by atoms with Crippen molar-refractivity contribution >= 4 is 29.1 Å². The number of anilines is 1. The maximum atomic E-state index is 11.7. The molecule has 1 aromatic carbocycles. The van der Waals surface area contributed by atoms with Gasteiger partial charge in [0.05, 0.1) is 10.6 Å². The van der Waals surface area contributed by atoms with Gasteiger partial charge in [0, 0.05) is 31.7 Å². The van der Waals surface area contributed by atoms with E-state index in [1.54, 1.807) is 19.2 Å². The summed E-state index contributed by atoms with van der Waals surface area (Å²) >= 11 is 6.01. The maximum absolute atomic E-state index is 11.7. The van der Waals surface area contributed by atoms with Gasteiger partial charge < -0.3 is 16.0 Å². The molecule has 1 saturated heterocycles. The molecule has 2 amide bonds. The summed E-state index contributed by atoms with van der Waals surface area (Å²) in [4.78, 5) is 23.2. The Balaban J connectivity index is 2.12. The SMILES string of the molecule is CNC(=O)c1cc(NC2CCCNC(=O)C2)ccc1Cl. The van der Waals surface area contributed by atoms with Crippen LogP contribution in [0.3, 0.4) is 0 Å². The van der Waals surface area contributed by atoms with Gasteiger partial charge in [-0.05, 0) is 31.0 Å². The van der Waals surface area contributed by atoms with Crippen molar-refractivity contribution in [1.29, 1.82) is 0 Å². The first kappa shape index (κ1) is 14.7. The van der Waals surface area contributed by atoms with E-state index >= 15 is 0 Å². The van der Waals surface area contributed by atoms with Crippen LogP contribution >= 0.6 is 11.6 Å². The van der Waals surface area contributed by atoms with E-state index < -0.39 is 0 Å². The van der Waals surface area contributed by atoms with Crippen LogP contribution in [0.2, 0.25) is 5.02 Å². The van der Waals surface area contributed by atoms with Crippen molar-refractivity contribution in [3.63, 3.8) is 0 Å². The number of nitrogens with one attached hydrogen (secondary N) is 3. The Kier molecular flexibility index (Phi) is 4.84. The largest absolute Gasteiger partial charge is 0.382 e. The molecule has 1 aliphatic heterocycles. The minimum atomic E-state index is -0.225. The first-order chi connectivity index (χ1) is 9.60. The molecular formula is C14H18ClN3O2. The van der Waals surface area contributed by atoms with Crippen LogP contribution in [-0.2, 0) is 4.79 Å². The summed E-state index contributed by atoms with van der Waals surface area (Å²) < 4.78 is 0. The molecule has 2 rings (SSSR count). The van der Waals surface area contributed by atoms with Crippen LogP contribution in [0.1, 0.15) is 29.6 Å². The van der Waals surface area contributed by atoms with E-state index in [0.717, 1.165) is 25.1 Å². The highest BCUT2D eigenvalue weighted by molar-refractivity contribution is 6.34. The van der Waals surface area contributed by atoms with E-state index in [9.17, 15) is 9.59 Å². The Morgan fingerprint density at radius 1 is 1.45 bits per heavy atom. The normalized spacial score (nSPS) is 18.9. The number of halogens is 1. The quantitative estimate of drug-likeness (QED) is 0.796. The molecule has 1 heterocycles. The lowest BCUT2D eigenvalue weighted by molar-refractivity contribution is -0.120. The zero-order chi connectivity index (χ0) is 14.5. The highest BCUT2D eigenvalue weighted by Crippen LogP contribution is 2.22. The second-order valence-electron chi connectivity index (χ2n) is 4.81. The van der Waals surface area contributed by atoms with Gasteiger partial charge in [-0.1, -0.05) is 11.6 Å². The van der Waals surface area contributed by atoms with Gasteiger partial charge in [0.1, 0.15) is 0 Å². The standard InChI is InChI=1S/C14H18ClN3O2/c1-16-14(20)11-7-10(4-5-12(11)15)18-9-3-2-6-17-13(19)8-9/h4-5,7,9,18H,2-3,6,8H2,1H3,(H,16,20)(H,17,19). The van der Waals surface area contributed by atoms with Crippen molar-refractivity contribution in [2.24, 2.45) is 0 Å². The molecule has 0 aliphatic carbocycles. The van der Waals surface area contributed by atoms with Gasteiger partial charge in [-0.15, -0.1) is 0 Å². The molecule has 0 spiro atoms.